The molecule has 0 saturated heterocycles. The van der Waals surface area contributed by atoms with Gasteiger partial charge < -0.3 is 26.2 Å². The Kier molecular flexibility index (Phi) is 7.21. The summed E-state index contributed by atoms with van der Waals surface area (Å²) in [6, 6.07) is 5.98. The Morgan fingerprint density at radius 1 is 1.24 bits per heavy atom. The smallest absolute Gasteiger partial charge is 0.122 e. The van der Waals surface area contributed by atoms with Gasteiger partial charge in [-0.2, -0.15) is 0 Å². The van der Waals surface area contributed by atoms with Crippen molar-refractivity contribution >= 4 is 12.6 Å². The van der Waals surface area contributed by atoms with E-state index in [0.717, 1.165) is 40.3 Å². The van der Waals surface area contributed by atoms with Gasteiger partial charge in [-0.25, -0.2) is 0 Å². The van der Waals surface area contributed by atoms with Crippen LogP contribution < -0.4 is 21.7 Å². The molecule has 1 aromatic rings. The molecular formula is C13H22BrNOS. The van der Waals surface area contributed by atoms with E-state index >= 15 is 0 Å². The maximum Gasteiger partial charge on any atom is 0.122 e. The molecule has 0 spiro atoms. The predicted octanol–water partition coefficient (Wildman–Crippen LogP) is -0.237. The Morgan fingerprint density at radius 3 is 2.41 bits per heavy atom. The standard InChI is InChI=1S/C13H21NOS.BrH/c1-11-10-12(16)6-7-13(11)15-9-5-8-14(2,3)4;/h6-7,10H,5,8-9H2,1-4H3;1H. The zero-order valence-electron chi connectivity index (χ0n) is 11.0. The number of aryl methyl sites for hydroxylation is 1. The molecule has 2 nitrogen and oxygen atoms in total. The maximum atomic E-state index is 5.74. The molecule has 0 aliphatic carbocycles. The molecule has 0 bridgehead atoms. The molecule has 0 saturated carbocycles. The number of rotatable bonds is 5. The van der Waals surface area contributed by atoms with Gasteiger partial charge in [-0.3, -0.25) is 0 Å². The van der Waals surface area contributed by atoms with Crippen LogP contribution in [0.4, 0.5) is 0 Å². The van der Waals surface area contributed by atoms with Gasteiger partial charge in [0.05, 0.1) is 34.3 Å². The van der Waals surface area contributed by atoms with Crippen molar-refractivity contribution in [1.82, 2.24) is 0 Å². The van der Waals surface area contributed by atoms with Crippen LogP contribution in [0.25, 0.3) is 0 Å². The van der Waals surface area contributed by atoms with Crippen molar-refractivity contribution in [3.63, 3.8) is 0 Å². The van der Waals surface area contributed by atoms with Crippen molar-refractivity contribution in [3.05, 3.63) is 23.8 Å². The third-order valence-electron chi connectivity index (χ3n) is 2.39. The average molecular weight is 320 g/mol. The van der Waals surface area contributed by atoms with E-state index < -0.39 is 0 Å². The summed E-state index contributed by atoms with van der Waals surface area (Å²) in [5, 5.41) is 0. The lowest BCUT2D eigenvalue weighted by atomic mass is 10.2. The molecule has 4 heteroatoms. The molecule has 0 aliphatic rings. The van der Waals surface area contributed by atoms with Crippen molar-refractivity contribution in [2.45, 2.75) is 18.2 Å². The second kappa shape index (κ2) is 7.29. The molecule has 17 heavy (non-hydrogen) atoms. The molecule has 0 aliphatic heterocycles. The minimum Gasteiger partial charge on any atom is -1.00 e. The van der Waals surface area contributed by atoms with Gasteiger partial charge in [0.1, 0.15) is 5.75 Å². The number of nitrogens with zero attached hydrogens (tertiary/aromatic N) is 1. The van der Waals surface area contributed by atoms with Crippen molar-refractivity contribution in [2.75, 3.05) is 34.3 Å². The summed E-state index contributed by atoms with van der Waals surface area (Å²) < 4.78 is 6.73. The van der Waals surface area contributed by atoms with Crippen LogP contribution in [0, 0.1) is 6.92 Å². The molecule has 0 N–H and O–H groups in total. The Labute approximate surface area is 121 Å². The summed E-state index contributed by atoms with van der Waals surface area (Å²) >= 11 is 4.29. The minimum atomic E-state index is 0. The Morgan fingerprint density at radius 2 is 1.88 bits per heavy atom. The SMILES string of the molecule is Cc1cc(S)ccc1OCCC[N+](C)(C)C.[Br-]. The number of thiol groups is 1. The molecule has 0 atom stereocenters. The van der Waals surface area contributed by atoms with E-state index in [1.54, 1.807) is 0 Å². The first-order valence-corrected chi connectivity index (χ1v) is 6.06. The molecule has 0 radical (unpaired) electrons. The Balaban J connectivity index is 0.00000256. The first-order chi connectivity index (χ1) is 7.38. The fourth-order valence-corrected chi connectivity index (χ4v) is 1.78. The van der Waals surface area contributed by atoms with E-state index in [9.17, 15) is 0 Å². The lowest BCUT2D eigenvalue weighted by Gasteiger charge is -2.23. The topological polar surface area (TPSA) is 9.23 Å². The number of benzene rings is 1. The van der Waals surface area contributed by atoms with Crippen LogP contribution in [-0.2, 0) is 0 Å². The molecule has 0 aromatic heterocycles. The van der Waals surface area contributed by atoms with Gasteiger partial charge in [0.25, 0.3) is 0 Å². The van der Waals surface area contributed by atoms with Crippen molar-refractivity contribution < 1.29 is 26.2 Å². The highest BCUT2D eigenvalue weighted by atomic mass is 79.9. The quantitative estimate of drug-likeness (QED) is 0.448. The highest BCUT2D eigenvalue weighted by molar-refractivity contribution is 7.80. The van der Waals surface area contributed by atoms with Gasteiger partial charge in [0.15, 0.2) is 0 Å². The number of hydrogen-bond acceptors (Lipinski definition) is 2. The van der Waals surface area contributed by atoms with E-state index in [2.05, 4.69) is 40.7 Å². The Bertz CT molecular complexity index is 350. The summed E-state index contributed by atoms with van der Waals surface area (Å²) in [5.41, 5.74) is 1.15. The zero-order valence-corrected chi connectivity index (χ0v) is 13.5. The van der Waals surface area contributed by atoms with E-state index in [1.165, 1.54) is 0 Å². The van der Waals surface area contributed by atoms with Crippen LogP contribution >= 0.6 is 12.6 Å². The van der Waals surface area contributed by atoms with Gasteiger partial charge in [-0.05, 0) is 30.7 Å². The van der Waals surface area contributed by atoms with Crippen LogP contribution in [-0.4, -0.2) is 38.8 Å². The highest BCUT2D eigenvalue weighted by Gasteiger charge is 2.06. The monoisotopic (exact) mass is 319 g/mol. The van der Waals surface area contributed by atoms with E-state index in [-0.39, 0.29) is 17.0 Å². The fraction of sp³-hybridized carbons (Fsp3) is 0.538. The third kappa shape index (κ3) is 6.96. The number of halogens is 1. The van der Waals surface area contributed by atoms with Crippen molar-refractivity contribution in [3.8, 4) is 5.75 Å². The molecule has 0 fully saturated rings. The molecule has 0 heterocycles. The molecular weight excluding hydrogens is 298 g/mol. The summed E-state index contributed by atoms with van der Waals surface area (Å²) in [4.78, 5) is 0.983. The number of ether oxygens (including phenoxy) is 1. The van der Waals surface area contributed by atoms with Gasteiger partial charge in [0, 0.05) is 11.3 Å². The highest BCUT2D eigenvalue weighted by Crippen LogP contribution is 2.20. The first kappa shape index (κ1) is 16.8. The lowest BCUT2D eigenvalue weighted by molar-refractivity contribution is -0.870. The van der Waals surface area contributed by atoms with Crippen molar-refractivity contribution in [2.24, 2.45) is 0 Å². The summed E-state index contributed by atoms with van der Waals surface area (Å²) in [6.07, 6.45) is 1.07. The maximum absolute atomic E-state index is 5.74. The van der Waals surface area contributed by atoms with Gasteiger partial charge in [-0.15, -0.1) is 12.6 Å². The zero-order chi connectivity index (χ0) is 12.2. The van der Waals surface area contributed by atoms with Gasteiger partial charge in [0.2, 0.25) is 0 Å². The summed E-state index contributed by atoms with van der Waals surface area (Å²) in [7, 11) is 6.59. The van der Waals surface area contributed by atoms with Crippen LogP contribution in [0.5, 0.6) is 5.75 Å². The van der Waals surface area contributed by atoms with E-state index in [0.29, 0.717) is 0 Å². The number of hydrogen-bond donors (Lipinski definition) is 1. The number of quaternary nitrogens is 1. The van der Waals surface area contributed by atoms with Crippen molar-refractivity contribution in [1.29, 1.82) is 0 Å². The van der Waals surface area contributed by atoms with Crippen LogP contribution in [0.3, 0.4) is 0 Å². The summed E-state index contributed by atoms with van der Waals surface area (Å²) in [6.45, 7) is 3.96. The Hall–Kier alpha value is -0.190. The van der Waals surface area contributed by atoms with E-state index in [4.69, 9.17) is 4.74 Å². The molecule has 1 aromatic carbocycles. The molecule has 0 amide bonds. The predicted molar refractivity (Wildman–Crippen MR) is 71.4 cm³/mol. The molecule has 1 rings (SSSR count). The minimum absolute atomic E-state index is 0. The van der Waals surface area contributed by atoms with Gasteiger partial charge >= 0.3 is 0 Å². The molecule has 0 unspecified atom stereocenters. The first-order valence-electron chi connectivity index (χ1n) is 5.61. The lowest BCUT2D eigenvalue weighted by Crippen LogP contribution is -3.00. The average Bonchev–Trinajstić information content (AvgIpc) is 2.13. The fourth-order valence-electron chi connectivity index (χ4n) is 1.52. The summed E-state index contributed by atoms with van der Waals surface area (Å²) in [5.74, 6) is 0.971. The normalized spacial score (nSPS) is 10.9. The largest absolute Gasteiger partial charge is 1.00 e. The second-order valence-electron chi connectivity index (χ2n) is 5.17. The van der Waals surface area contributed by atoms with E-state index in [1.807, 2.05) is 18.2 Å². The van der Waals surface area contributed by atoms with Crippen LogP contribution in [0.1, 0.15) is 12.0 Å². The molecule has 98 valence electrons. The third-order valence-corrected chi connectivity index (χ3v) is 2.67. The second-order valence-corrected chi connectivity index (χ2v) is 5.68. The van der Waals surface area contributed by atoms with Crippen LogP contribution in [0.15, 0.2) is 23.1 Å². The van der Waals surface area contributed by atoms with Gasteiger partial charge in [-0.1, -0.05) is 0 Å². The van der Waals surface area contributed by atoms with Crippen LogP contribution in [0.2, 0.25) is 0 Å².